The predicted octanol–water partition coefficient (Wildman–Crippen LogP) is 2.00. The number of aryl methyl sites for hydroxylation is 1. The lowest BCUT2D eigenvalue weighted by Crippen LogP contribution is -2.16. The van der Waals surface area contributed by atoms with E-state index in [4.69, 9.17) is 4.74 Å². The lowest BCUT2D eigenvalue weighted by atomic mass is 10.2. The van der Waals surface area contributed by atoms with Crippen LogP contribution in [0.25, 0.3) is 10.6 Å². The summed E-state index contributed by atoms with van der Waals surface area (Å²) in [6.45, 7) is 1.78. The van der Waals surface area contributed by atoms with Crippen LogP contribution in [-0.4, -0.2) is 30.1 Å². The molecule has 9 heteroatoms. The van der Waals surface area contributed by atoms with Gasteiger partial charge in [-0.25, -0.2) is 19.4 Å². The number of hydrogen-bond donors (Lipinski definition) is 0. The van der Waals surface area contributed by atoms with E-state index in [1.807, 2.05) is 12.3 Å². The van der Waals surface area contributed by atoms with Gasteiger partial charge in [0, 0.05) is 17.1 Å². The van der Waals surface area contributed by atoms with Crippen molar-refractivity contribution in [1.29, 1.82) is 0 Å². The molecule has 0 atom stereocenters. The third-order valence-corrected chi connectivity index (χ3v) is 4.71. The van der Waals surface area contributed by atoms with Gasteiger partial charge in [-0.2, -0.15) is 5.10 Å². The Bertz CT molecular complexity index is 1130. The normalized spacial score (nSPS) is 11.0. The van der Waals surface area contributed by atoms with E-state index in [2.05, 4.69) is 15.1 Å². The zero-order chi connectivity index (χ0) is 18.1. The lowest BCUT2D eigenvalue weighted by molar-refractivity contribution is 0.0468. The topological polar surface area (TPSA) is 91.4 Å². The molecule has 0 saturated heterocycles. The number of fused-ring (bicyclic) bond motifs is 1. The van der Waals surface area contributed by atoms with Crippen molar-refractivity contribution in [1.82, 2.24) is 24.1 Å². The maximum absolute atomic E-state index is 12.2. The number of esters is 1. The Balaban J connectivity index is 1.48. The number of thiazole rings is 1. The van der Waals surface area contributed by atoms with Crippen LogP contribution in [0.5, 0.6) is 0 Å². The van der Waals surface area contributed by atoms with E-state index in [0.29, 0.717) is 16.2 Å². The fourth-order valence-corrected chi connectivity index (χ4v) is 3.38. The predicted molar refractivity (Wildman–Crippen MR) is 94.6 cm³/mol. The van der Waals surface area contributed by atoms with E-state index < -0.39 is 5.97 Å². The molecule has 0 bridgehead atoms. The van der Waals surface area contributed by atoms with E-state index in [0.717, 1.165) is 11.4 Å². The van der Waals surface area contributed by atoms with E-state index in [1.54, 1.807) is 35.3 Å². The van der Waals surface area contributed by atoms with Gasteiger partial charge in [0.25, 0.3) is 5.56 Å². The number of benzene rings is 1. The van der Waals surface area contributed by atoms with Crippen molar-refractivity contribution in [3.8, 4) is 5.69 Å². The molecule has 0 unspecified atom stereocenters. The number of ether oxygens (including phenoxy) is 1. The van der Waals surface area contributed by atoms with Gasteiger partial charge in [-0.3, -0.25) is 9.20 Å². The molecule has 0 amide bonds. The largest absolute Gasteiger partial charge is 0.456 e. The van der Waals surface area contributed by atoms with Crippen LogP contribution in [0.2, 0.25) is 0 Å². The van der Waals surface area contributed by atoms with Gasteiger partial charge >= 0.3 is 5.97 Å². The summed E-state index contributed by atoms with van der Waals surface area (Å²) in [6.07, 6.45) is 3.00. The zero-order valence-electron chi connectivity index (χ0n) is 13.7. The highest BCUT2D eigenvalue weighted by Crippen LogP contribution is 2.13. The number of aromatic nitrogens is 5. The van der Waals surface area contributed by atoms with Gasteiger partial charge in [-0.1, -0.05) is 0 Å². The molecule has 0 aliphatic carbocycles. The first-order valence-corrected chi connectivity index (χ1v) is 8.59. The number of rotatable bonds is 4. The standard InChI is InChI=1S/C17H13N5O3S/c1-11-8-26-17-20-13(6-15(23)22(11)17)7-25-16(24)12-2-4-14(5-3-12)21-10-18-9-19-21/h2-6,8-10H,7H2,1H3. The highest BCUT2D eigenvalue weighted by molar-refractivity contribution is 7.15. The van der Waals surface area contributed by atoms with Gasteiger partial charge in [0.05, 0.1) is 16.9 Å². The Morgan fingerprint density at radius 2 is 2.08 bits per heavy atom. The van der Waals surface area contributed by atoms with Crippen LogP contribution in [0.3, 0.4) is 0 Å². The van der Waals surface area contributed by atoms with Gasteiger partial charge in [-0.15, -0.1) is 11.3 Å². The minimum Gasteiger partial charge on any atom is -0.456 e. The monoisotopic (exact) mass is 367 g/mol. The van der Waals surface area contributed by atoms with Crippen LogP contribution in [-0.2, 0) is 11.3 Å². The molecule has 0 spiro atoms. The average Bonchev–Trinajstić information content (AvgIpc) is 3.30. The number of carbonyl (C=O) groups excluding carboxylic acids is 1. The molecule has 0 aliphatic heterocycles. The zero-order valence-corrected chi connectivity index (χ0v) is 14.5. The Morgan fingerprint density at radius 1 is 1.27 bits per heavy atom. The maximum Gasteiger partial charge on any atom is 0.338 e. The first-order chi connectivity index (χ1) is 12.6. The van der Waals surface area contributed by atoms with Gasteiger partial charge in [0.2, 0.25) is 0 Å². The summed E-state index contributed by atoms with van der Waals surface area (Å²) in [5.74, 6) is -0.487. The van der Waals surface area contributed by atoms with Crippen molar-refractivity contribution in [3.05, 3.63) is 75.7 Å². The van der Waals surface area contributed by atoms with Crippen LogP contribution < -0.4 is 5.56 Å². The smallest absolute Gasteiger partial charge is 0.338 e. The number of carbonyl (C=O) groups is 1. The molecule has 4 aromatic rings. The molecule has 3 aromatic heterocycles. The van der Waals surface area contributed by atoms with Crippen molar-refractivity contribution in [2.45, 2.75) is 13.5 Å². The Labute approximate surface area is 151 Å². The van der Waals surface area contributed by atoms with Gasteiger partial charge in [0.1, 0.15) is 19.3 Å². The van der Waals surface area contributed by atoms with E-state index in [1.165, 1.54) is 28.1 Å². The van der Waals surface area contributed by atoms with Crippen LogP contribution in [0.4, 0.5) is 0 Å². The van der Waals surface area contributed by atoms with Crippen molar-refractivity contribution in [2.24, 2.45) is 0 Å². The van der Waals surface area contributed by atoms with Crippen LogP contribution in [0, 0.1) is 6.92 Å². The summed E-state index contributed by atoms with van der Waals surface area (Å²) in [7, 11) is 0. The summed E-state index contributed by atoms with van der Waals surface area (Å²) >= 11 is 1.37. The SMILES string of the molecule is Cc1csc2nc(COC(=O)c3ccc(-n4cncn4)cc3)cc(=O)n12. The summed E-state index contributed by atoms with van der Waals surface area (Å²) in [6, 6.07) is 8.17. The summed E-state index contributed by atoms with van der Waals surface area (Å²) in [5.41, 5.74) is 2.26. The molecule has 4 rings (SSSR count). The third-order valence-electron chi connectivity index (χ3n) is 3.77. The van der Waals surface area contributed by atoms with Gasteiger partial charge in [-0.05, 0) is 31.2 Å². The molecule has 130 valence electrons. The Hall–Kier alpha value is -3.33. The second-order valence-electron chi connectivity index (χ2n) is 5.54. The summed E-state index contributed by atoms with van der Waals surface area (Å²) < 4.78 is 8.39. The molecule has 0 saturated carbocycles. The molecular weight excluding hydrogens is 354 g/mol. The summed E-state index contributed by atoms with van der Waals surface area (Å²) in [4.78, 5) is 33.1. The molecule has 0 aliphatic rings. The molecule has 0 radical (unpaired) electrons. The third kappa shape index (κ3) is 3.00. The molecule has 26 heavy (non-hydrogen) atoms. The first kappa shape index (κ1) is 16.2. The quantitative estimate of drug-likeness (QED) is 0.512. The maximum atomic E-state index is 12.2. The second-order valence-corrected chi connectivity index (χ2v) is 6.38. The average molecular weight is 367 g/mol. The molecule has 3 heterocycles. The Kier molecular flexibility index (Phi) is 4.05. The van der Waals surface area contributed by atoms with Crippen molar-refractivity contribution in [2.75, 3.05) is 0 Å². The van der Waals surface area contributed by atoms with E-state index in [-0.39, 0.29) is 12.2 Å². The fourth-order valence-electron chi connectivity index (χ4n) is 2.49. The van der Waals surface area contributed by atoms with Crippen molar-refractivity contribution >= 4 is 22.3 Å². The highest BCUT2D eigenvalue weighted by atomic mass is 32.1. The van der Waals surface area contributed by atoms with Gasteiger partial charge in [0.15, 0.2) is 4.96 Å². The number of nitrogens with zero attached hydrogens (tertiary/aromatic N) is 5. The molecular formula is C17H13N5O3S. The van der Waals surface area contributed by atoms with Crippen LogP contribution >= 0.6 is 11.3 Å². The number of hydrogen-bond acceptors (Lipinski definition) is 7. The highest BCUT2D eigenvalue weighted by Gasteiger charge is 2.11. The van der Waals surface area contributed by atoms with E-state index in [9.17, 15) is 9.59 Å². The van der Waals surface area contributed by atoms with Crippen molar-refractivity contribution in [3.63, 3.8) is 0 Å². The lowest BCUT2D eigenvalue weighted by Gasteiger charge is -2.06. The van der Waals surface area contributed by atoms with Gasteiger partial charge < -0.3 is 4.74 Å². The summed E-state index contributed by atoms with van der Waals surface area (Å²) in [5, 5.41) is 5.88. The fraction of sp³-hybridized carbons (Fsp3) is 0.118. The minimum absolute atomic E-state index is 0.0631. The molecule has 8 nitrogen and oxygen atoms in total. The first-order valence-electron chi connectivity index (χ1n) is 7.71. The van der Waals surface area contributed by atoms with E-state index >= 15 is 0 Å². The molecule has 0 N–H and O–H groups in total. The Morgan fingerprint density at radius 3 is 2.81 bits per heavy atom. The second kappa shape index (κ2) is 6.52. The molecule has 1 aromatic carbocycles. The van der Waals surface area contributed by atoms with Crippen molar-refractivity contribution < 1.29 is 9.53 Å². The van der Waals surface area contributed by atoms with Crippen LogP contribution in [0.1, 0.15) is 21.7 Å². The minimum atomic E-state index is -0.487. The molecule has 0 fully saturated rings. The van der Waals surface area contributed by atoms with Crippen LogP contribution in [0.15, 0.2) is 53.2 Å².